The number of nitrogens with two attached hydrogens (primary N) is 1. The predicted molar refractivity (Wildman–Crippen MR) is 104 cm³/mol. The van der Waals surface area contributed by atoms with Crippen LogP contribution in [0.3, 0.4) is 0 Å². The summed E-state index contributed by atoms with van der Waals surface area (Å²) in [7, 11) is 1.96. The average molecular weight is 399 g/mol. The van der Waals surface area contributed by atoms with Crippen molar-refractivity contribution in [2.24, 2.45) is 12.8 Å². The van der Waals surface area contributed by atoms with Gasteiger partial charge in [0, 0.05) is 48.5 Å². The van der Waals surface area contributed by atoms with Crippen LogP contribution in [0.5, 0.6) is 0 Å². The molecule has 0 amide bonds. The molecule has 27 heavy (non-hydrogen) atoms. The lowest BCUT2D eigenvalue weighted by Crippen LogP contribution is -2.27. The Labute approximate surface area is 165 Å². The van der Waals surface area contributed by atoms with Gasteiger partial charge in [0.2, 0.25) is 5.88 Å². The maximum atomic E-state index is 12.6. The normalized spacial score (nSPS) is 19.7. The van der Waals surface area contributed by atoms with Crippen molar-refractivity contribution in [1.82, 2.24) is 9.55 Å². The molecule has 6 nitrogen and oxygen atoms in total. The summed E-state index contributed by atoms with van der Waals surface area (Å²) in [6, 6.07) is 4.22. The van der Waals surface area contributed by atoms with Gasteiger partial charge in [0.05, 0.1) is 5.92 Å². The number of Topliss-reactive ketones (excluding diaryl/α,β-unsaturated/α-hetero) is 1. The van der Waals surface area contributed by atoms with Gasteiger partial charge in [-0.15, -0.1) is 11.3 Å². The number of allylic oxidation sites excluding steroid dienone is 3. The fourth-order valence-corrected chi connectivity index (χ4v) is 5.40. The first kappa shape index (κ1) is 17.9. The second-order valence-corrected chi connectivity index (χ2v) is 8.39. The van der Waals surface area contributed by atoms with Crippen molar-refractivity contribution in [2.75, 3.05) is 0 Å². The number of ether oxygens (including phenoxy) is 1. The number of hydrogen-bond acceptors (Lipinski definition) is 7. The summed E-state index contributed by atoms with van der Waals surface area (Å²) in [5.74, 6) is 1.16. The predicted octanol–water partition coefficient (Wildman–Crippen LogP) is 3.59. The first-order valence-corrected chi connectivity index (χ1v) is 10.5. The van der Waals surface area contributed by atoms with Crippen LogP contribution in [0, 0.1) is 11.3 Å². The van der Waals surface area contributed by atoms with E-state index in [4.69, 9.17) is 10.5 Å². The Balaban J connectivity index is 1.64. The fraction of sp³-hybridized carbons (Fsp3) is 0.316. The van der Waals surface area contributed by atoms with Crippen LogP contribution in [0.2, 0.25) is 0 Å². The van der Waals surface area contributed by atoms with Gasteiger partial charge in [-0.2, -0.15) is 5.26 Å². The molecule has 2 aromatic heterocycles. The minimum absolute atomic E-state index is 0.0545. The molecule has 0 saturated carbocycles. The van der Waals surface area contributed by atoms with E-state index in [1.807, 2.05) is 17.8 Å². The molecule has 0 bridgehead atoms. The molecule has 8 heteroatoms. The van der Waals surface area contributed by atoms with E-state index in [-0.39, 0.29) is 11.7 Å². The number of hydrogen-bond donors (Lipinski definition) is 1. The Morgan fingerprint density at radius 3 is 3.11 bits per heavy atom. The van der Waals surface area contributed by atoms with Gasteiger partial charge < -0.3 is 15.0 Å². The molecule has 1 aliphatic carbocycles. The number of ketones is 1. The third kappa shape index (κ3) is 3.29. The van der Waals surface area contributed by atoms with Crippen LogP contribution in [-0.2, 0) is 22.3 Å². The number of nitrogens with zero attached hydrogens (tertiary/aromatic N) is 3. The average Bonchev–Trinajstić information content (AvgIpc) is 3.28. The summed E-state index contributed by atoms with van der Waals surface area (Å²) in [5, 5.41) is 12.6. The summed E-state index contributed by atoms with van der Waals surface area (Å²) in [6.45, 7) is 0. The zero-order chi connectivity index (χ0) is 19.0. The zero-order valence-electron chi connectivity index (χ0n) is 14.8. The van der Waals surface area contributed by atoms with E-state index in [9.17, 15) is 10.1 Å². The van der Waals surface area contributed by atoms with Gasteiger partial charge in [-0.1, -0.05) is 11.8 Å². The largest absolute Gasteiger partial charge is 0.444 e. The number of aromatic nitrogens is 2. The maximum absolute atomic E-state index is 12.6. The molecule has 0 saturated heterocycles. The molecule has 0 spiro atoms. The van der Waals surface area contributed by atoms with Crippen molar-refractivity contribution in [2.45, 2.75) is 36.1 Å². The minimum Gasteiger partial charge on any atom is -0.444 e. The summed E-state index contributed by atoms with van der Waals surface area (Å²) in [6.07, 6.45) is 5.63. The molecule has 0 radical (unpaired) electrons. The first-order valence-electron chi connectivity index (χ1n) is 8.59. The molecule has 2 aliphatic rings. The highest BCUT2D eigenvalue weighted by Crippen LogP contribution is 2.45. The van der Waals surface area contributed by atoms with Gasteiger partial charge in [-0.25, -0.2) is 4.98 Å². The molecule has 0 unspecified atom stereocenters. The first-order chi connectivity index (χ1) is 13.1. The summed E-state index contributed by atoms with van der Waals surface area (Å²) in [5.41, 5.74) is 8.07. The molecule has 2 aromatic rings. The van der Waals surface area contributed by atoms with Crippen LogP contribution in [0.4, 0.5) is 0 Å². The molecule has 3 heterocycles. The Morgan fingerprint density at radius 2 is 2.37 bits per heavy atom. The molecule has 138 valence electrons. The van der Waals surface area contributed by atoms with Gasteiger partial charge in [0.1, 0.15) is 17.4 Å². The lowest BCUT2D eigenvalue weighted by molar-refractivity contribution is -0.116. The SMILES string of the molecule is Cn1ccnc1SCc1csc([C@H]2C(C#N)=C(N)OC3=C2C(=O)CCC3)c1. The van der Waals surface area contributed by atoms with E-state index < -0.39 is 5.92 Å². The Hall–Kier alpha value is -2.50. The molecule has 4 rings (SSSR count). The van der Waals surface area contributed by atoms with Crippen LogP contribution in [0.15, 0.2) is 51.8 Å². The molecule has 2 N–H and O–H groups in total. The summed E-state index contributed by atoms with van der Waals surface area (Å²) >= 11 is 3.20. The summed E-state index contributed by atoms with van der Waals surface area (Å²) in [4.78, 5) is 17.9. The standard InChI is InChI=1S/C19H18N4O2S2/c1-23-6-5-22-19(23)27-10-11-7-15(26-9-11)16-12(8-20)18(21)25-14-4-2-3-13(24)17(14)16/h5-7,9,16H,2-4,10,21H2,1H3/t16-/m1/s1. The monoisotopic (exact) mass is 398 g/mol. The number of carbonyl (C=O) groups is 1. The van der Waals surface area contributed by atoms with Gasteiger partial charge in [0.15, 0.2) is 10.9 Å². The van der Waals surface area contributed by atoms with Gasteiger partial charge in [-0.05, 0) is 23.4 Å². The molecular formula is C19H18N4O2S2. The van der Waals surface area contributed by atoms with Crippen LogP contribution in [0.25, 0.3) is 0 Å². The Kier molecular flexibility index (Phi) is 4.81. The minimum atomic E-state index is -0.413. The third-order valence-electron chi connectivity index (χ3n) is 4.71. The molecular weight excluding hydrogens is 380 g/mol. The lowest BCUT2D eigenvalue weighted by Gasteiger charge is -2.30. The topological polar surface area (TPSA) is 93.9 Å². The quantitative estimate of drug-likeness (QED) is 0.791. The smallest absolute Gasteiger partial charge is 0.205 e. The number of aryl methyl sites for hydroxylation is 1. The third-order valence-corrected chi connectivity index (χ3v) is 6.88. The van der Waals surface area contributed by atoms with Crippen LogP contribution < -0.4 is 5.73 Å². The highest BCUT2D eigenvalue weighted by atomic mass is 32.2. The van der Waals surface area contributed by atoms with Crippen molar-refractivity contribution in [1.29, 1.82) is 5.26 Å². The number of rotatable bonds is 4. The van der Waals surface area contributed by atoms with E-state index >= 15 is 0 Å². The van der Waals surface area contributed by atoms with Gasteiger partial charge in [0.25, 0.3) is 0 Å². The number of thioether (sulfide) groups is 1. The summed E-state index contributed by atoms with van der Waals surface area (Å²) < 4.78 is 7.59. The second-order valence-electron chi connectivity index (χ2n) is 6.51. The molecule has 0 fully saturated rings. The number of thiophene rings is 1. The van der Waals surface area contributed by atoms with Crippen LogP contribution in [0.1, 0.15) is 35.6 Å². The van der Waals surface area contributed by atoms with Crippen molar-refractivity contribution in [3.63, 3.8) is 0 Å². The van der Waals surface area contributed by atoms with E-state index in [1.165, 1.54) is 0 Å². The number of nitriles is 1. The van der Waals surface area contributed by atoms with E-state index in [1.54, 1.807) is 29.3 Å². The van der Waals surface area contributed by atoms with E-state index in [0.29, 0.717) is 29.7 Å². The highest BCUT2D eigenvalue weighted by Gasteiger charge is 2.38. The number of imidazole rings is 1. The lowest BCUT2D eigenvalue weighted by atomic mass is 9.80. The van der Waals surface area contributed by atoms with Crippen LogP contribution >= 0.6 is 23.1 Å². The Bertz CT molecular complexity index is 1010. The van der Waals surface area contributed by atoms with Crippen molar-refractivity contribution in [3.05, 3.63) is 57.1 Å². The van der Waals surface area contributed by atoms with Crippen molar-refractivity contribution < 1.29 is 9.53 Å². The van der Waals surface area contributed by atoms with Crippen molar-refractivity contribution >= 4 is 28.9 Å². The van der Waals surface area contributed by atoms with Gasteiger partial charge >= 0.3 is 0 Å². The number of carbonyl (C=O) groups excluding carboxylic acids is 1. The Morgan fingerprint density at radius 1 is 1.52 bits per heavy atom. The highest BCUT2D eigenvalue weighted by molar-refractivity contribution is 7.98. The molecule has 1 aliphatic heterocycles. The molecule has 0 aromatic carbocycles. The van der Waals surface area contributed by atoms with E-state index in [0.717, 1.165) is 27.8 Å². The maximum Gasteiger partial charge on any atom is 0.205 e. The van der Waals surface area contributed by atoms with Crippen molar-refractivity contribution in [3.8, 4) is 6.07 Å². The van der Waals surface area contributed by atoms with E-state index in [2.05, 4.69) is 22.5 Å². The van der Waals surface area contributed by atoms with Crippen LogP contribution in [-0.4, -0.2) is 15.3 Å². The van der Waals surface area contributed by atoms with Gasteiger partial charge in [-0.3, -0.25) is 4.79 Å². The second kappa shape index (κ2) is 7.25. The molecule has 1 atom stereocenters. The zero-order valence-corrected chi connectivity index (χ0v) is 16.4. The fourth-order valence-electron chi connectivity index (χ4n) is 3.40.